The van der Waals surface area contributed by atoms with Gasteiger partial charge in [0.05, 0.1) is 34.8 Å². The fourth-order valence-corrected chi connectivity index (χ4v) is 7.66. The number of rotatable bonds is 12. The van der Waals surface area contributed by atoms with Gasteiger partial charge in [-0.2, -0.15) is 13.2 Å². The zero-order valence-corrected chi connectivity index (χ0v) is 28.1. The molecule has 51 heavy (non-hydrogen) atoms. The number of esters is 1. The van der Waals surface area contributed by atoms with Crippen LogP contribution in [0.2, 0.25) is 0 Å². The maximum atomic E-state index is 15.5. The summed E-state index contributed by atoms with van der Waals surface area (Å²) in [5.74, 6) is -3.28. The van der Waals surface area contributed by atoms with Crippen molar-refractivity contribution < 1.29 is 49.4 Å². The van der Waals surface area contributed by atoms with Crippen molar-refractivity contribution in [1.29, 1.82) is 0 Å². The normalized spacial score (nSPS) is 15.1. The van der Waals surface area contributed by atoms with E-state index in [0.29, 0.717) is 24.1 Å². The first-order chi connectivity index (χ1) is 24.1. The number of nitrogens with one attached hydrogen (secondary N) is 1. The van der Waals surface area contributed by atoms with E-state index in [1.807, 2.05) is 0 Å². The van der Waals surface area contributed by atoms with Crippen molar-refractivity contribution in [2.75, 3.05) is 18.9 Å². The van der Waals surface area contributed by atoms with E-state index in [1.54, 1.807) is 37.3 Å². The maximum Gasteiger partial charge on any atom is 0.573 e. The van der Waals surface area contributed by atoms with Crippen LogP contribution in [-0.4, -0.2) is 35.8 Å². The number of alkyl halides is 6. The Bertz CT molecular complexity index is 1950. The lowest BCUT2D eigenvalue weighted by molar-refractivity contribution is -0.274. The van der Waals surface area contributed by atoms with Crippen molar-refractivity contribution in [1.82, 2.24) is 9.88 Å². The first-order valence-corrected chi connectivity index (χ1v) is 16.8. The van der Waals surface area contributed by atoms with Crippen molar-refractivity contribution in [3.63, 3.8) is 0 Å². The predicted octanol–water partition coefficient (Wildman–Crippen LogP) is 8.93. The maximum absolute atomic E-state index is 15.5. The molecule has 272 valence electrons. The van der Waals surface area contributed by atoms with Gasteiger partial charge in [0.1, 0.15) is 17.4 Å². The molecule has 2 unspecified atom stereocenters. The van der Waals surface area contributed by atoms with Gasteiger partial charge in [0, 0.05) is 29.7 Å². The van der Waals surface area contributed by atoms with Gasteiger partial charge in [-0.1, -0.05) is 36.4 Å². The van der Waals surface area contributed by atoms with E-state index >= 15 is 8.78 Å². The van der Waals surface area contributed by atoms with Gasteiger partial charge in [-0.25, -0.2) is 8.78 Å². The standard InChI is InChI=1S/C36H32F8N2O4S/c1-3-49-30(47)13-8-16-45-32(21-9-5-4-6-10-21)29-19-51-34-23(18-24-26(35(39,40)41)11-7-12-27(24)37)20(2)31(33(48)46(29)34)25-17-22(14-15-28(25)38)50-36(42,43)44/h4-7,9-12,14-15,17,29,32,45H,3,8,13,16,18-19H2,1-2H3. The monoisotopic (exact) mass is 740 g/mol. The Morgan fingerprint density at radius 1 is 0.980 bits per heavy atom. The molecule has 15 heteroatoms. The summed E-state index contributed by atoms with van der Waals surface area (Å²) in [7, 11) is 0. The third-order valence-electron chi connectivity index (χ3n) is 8.45. The summed E-state index contributed by atoms with van der Waals surface area (Å²) in [5, 5.41) is 3.57. The first kappa shape index (κ1) is 37.9. The Hall–Kier alpha value is -4.37. The van der Waals surface area contributed by atoms with Crippen LogP contribution in [0.1, 0.15) is 59.7 Å². The lowest BCUT2D eigenvalue weighted by Gasteiger charge is -2.28. The molecule has 1 N–H and O–H groups in total. The third kappa shape index (κ3) is 8.58. The summed E-state index contributed by atoms with van der Waals surface area (Å²) < 4.78 is 123. The second-order valence-corrected chi connectivity index (χ2v) is 12.7. The lowest BCUT2D eigenvalue weighted by Crippen LogP contribution is -2.36. The summed E-state index contributed by atoms with van der Waals surface area (Å²) in [5.41, 5.74) is -3.01. The lowest BCUT2D eigenvalue weighted by atomic mass is 9.91. The van der Waals surface area contributed by atoms with Crippen LogP contribution in [0.5, 0.6) is 5.75 Å². The van der Waals surface area contributed by atoms with Gasteiger partial charge >= 0.3 is 18.5 Å². The van der Waals surface area contributed by atoms with Crippen molar-refractivity contribution in [3.05, 3.63) is 117 Å². The topological polar surface area (TPSA) is 69.6 Å². The Morgan fingerprint density at radius 2 is 1.71 bits per heavy atom. The molecule has 4 aromatic rings. The largest absolute Gasteiger partial charge is 0.573 e. The second kappa shape index (κ2) is 15.5. The highest BCUT2D eigenvalue weighted by molar-refractivity contribution is 7.99. The van der Waals surface area contributed by atoms with Gasteiger partial charge in [-0.3, -0.25) is 14.2 Å². The molecule has 0 saturated heterocycles. The number of nitrogens with zero attached hydrogens (tertiary/aromatic N) is 1. The Balaban J connectivity index is 1.71. The van der Waals surface area contributed by atoms with Crippen molar-refractivity contribution in [2.24, 2.45) is 0 Å². The van der Waals surface area contributed by atoms with Crippen molar-refractivity contribution in [3.8, 4) is 16.9 Å². The zero-order valence-electron chi connectivity index (χ0n) is 27.3. The summed E-state index contributed by atoms with van der Waals surface area (Å²) in [6, 6.07) is 12.1. The summed E-state index contributed by atoms with van der Waals surface area (Å²) in [4.78, 5) is 26.5. The predicted molar refractivity (Wildman–Crippen MR) is 175 cm³/mol. The minimum absolute atomic E-state index is 0.0301. The third-order valence-corrected chi connectivity index (χ3v) is 9.67. The molecule has 1 aromatic heterocycles. The van der Waals surface area contributed by atoms with E-state index in [4.69, 9.17) is 4.74 Å². The molecule has 0 saturated carbocycles. The Kier molecular flexibility index (Phi) is 11.5. The quantitative estimate of drug-likeness (QED) is 0.0890. The number of halogens is 8. The number of thioether (sulfide) groups is 1. The van der Waals surface area contributed by atoms with E-state index in [9.17, 15) is 35.9 Å². The Morgan fingerprint density at radius 3 is 2.37 bits per heavy atom. The molecular weight excluding hydrogens is 708 g/mol. The second-order valence-electron chi connectivity index (χ2n) is 11.7. The van der Waals surface area contributed by atoms with E-state index in [0.717, 1.165) is 36.0 Å². The minimum atomic E-state index is -5.15. The SMILES string of the molecule is CCOC(=O)CCCNC(c1ccccc1)C1CSc2c(Cc3c(F)cccc3C(F)(F)F)c(C)c(-c3cc(OC(F)(F)F)ccc3F)c(=O)n21. The molecule has 0 radical (unpaired) electrons. The molecule has 5 rings (SSSR count). The van der Waals surface area contributed by atoms with Crippen LogP contribution in [0, 0.1) is 18.6 Å². The zero-order chi connectivity index (χ0) is 37.1. The van der Waals surface area contributed by atoms with Gasteiger partial charge in [-0.05, 0) is 73.8 Å². The minimum Gasteiger partial charge on any atom is -0.466 e. The van der Waals surface area contributed by atoms with E-state index in [1.165, 1.54) is 11.5 Å². The number of ether oxygens (including phenoxy) is 2. The van der Waals surface area contributed by atoms with E-state index < -0.39 is 82.2 Å². The average Bonchev–Trinajstić information content (AvgIpc) is 3.49. The molecule has 0 fully saturated rings. The molecule has 1 aliphatic heterocycles. The molecule has 0 aliphatic carbocycles. The number of hydrogen-bond donors (Lipinski definition) is 1. The molecular formula is C36H32F8N2O4S. The molecule has 2 heterocycles. The summed E-state index contributed by atoms with van der Waals surface area (Å²) >= 11 is 1.14. The van der Waals surface area contributed by atoms with Crippen LogP contribution >= 0.6 is 11.8 Å². The van der Waals surface area contributed by atoms with Crippen molar-refractivity contribution in [2.45, 2.75) is 62.8 Å². The number of benzene rings is 3. The number of carbonyl (C=O) groups is 1. The summed E-state index contributed by atoms with van der Waals surface area (Å²) in [6.45, 7) is 3.52. The van der Waals surface area contributed by atoms with Gasteiger partial charge in [0.2, 0.25) is 0 Å². The Labute approximate surface area is 291 Å². The molecule has 0 spiro atoms. The molecule has 3 aromatic carbocycles. The van der Waals surface area contributed by atoms with Crippen LogP contribution in [0.4, 0.5) is 35.1 Å². The van der Waals surface area contributed by atoms with E-state index in [2.05, 4.69) is 10.1 Å². The number of pyridine rings is 1. The van der Waals surface area contributed by atoms with Gasteiger partial charge < -0.3 is 14.8 Å². The molecule has 1 aliphatic rings. The van der Waals surface area contributed by atoms with Crippen LogP contribution < -0.4 is 15.6 Å². The first-order valence-electron chi connectivity index (χ1n) is 15.9. The number of fused-ring (bicyclic) bond motifs is 1. The number of aromatic nitrogens is 1. The fourth-order valence-electron chi connectivity index (χ4n) is 6.23. The van der Waals surface area contributed by atoms with Crippen LogP contribution in [0.15, 0.2) is 76.6 Å². The van der Waals surface area contributed by atoms with Gasteiger partial charge in [0.15, 0.2) is 0 Å². The average molecular weight is 741 g/mol. The van der Waals surface area contributed by atoms with Crippen LogP contribution in [-0.2, 0) is 22.1 Å². The molecule has 0 amide bonds. The molecule has 0 bridgehead atoms. The van der Waals surface area contributed by atoms with Gasteiger partial charge in [0.25, 0.3) is 5.56 Å². The smallest absolute Gasteiger partial charge is 0.466 e. The highest BCUT2D eigenvalue weighted by atomic mass is 32.2. The number of hydrogen-bond acceptors (Lipinski definition) is 6. The van der Waals surface area contributed by atoms with Crippen LogP contribution in [0.25, 0.3) is 11.1 Å². The van der Waals surface area contributed by atoms with E-state index in [-0.39, 0.29) is 41.5 Å². The fraction of sp³-hybridized carbons (Fsp3) is 0.333. The summed E-state index contributed by atoms with van der Waals surface area (Å²) in [6.07, 6.45) is -10.3. The highest BCUT2D eigenvalue weighted by Gasteiger charge is 2.39. The van der Waals surface area contributed by atoms with Crippen molar-refractivity contribution >= 4 is 17.7 Å². The molecule has 2 atom stereocenters. The van der Waals surface area contributed by atoms with Gasteiger partial charge in [-0.15, -0.1) is 24.9 Å². The van der Waals surface area contributed by atoms with Crippen LogP contribution in [0.3, 0.4) is 0 Å². The highest BCUT2D eigenvalue weighted by Crippen LogP contribution is 2.45. The molecule has 6 nitrogen and oxygen atoms in total. The number of carbonyl (C=O) groups excluding carboxylic acids is 1.